The molecule has 31 heavy (non-hydrogen) atoms. The fraction of sp³-hybridized carbons (Fsp3) is 0.435. The van der Waals surface area contributed by atoms with E-state index < -0.39 is 0 Å². The molecule has 0 spiro atoms. The molecule has 0 aromatic carbocycles. The van der Waals surface area contributed by atoms with Crippen molar-refractivity contribution in [3.8, 4) is 0 Å². The van der Waals surface area contributed by atoms with Gasteiger partial charge < -0.3 is 10.2 Å². The van der Waals surface area contributed by atoms with E-state index in [1.54, 1.807) is 23.1 Å². The predicted molar refractivity (Wildman–Crippen MR) is 119 cm³/mol. The van der Waals surface area contributed by atoms with E-state index in [-0.39, 0.29) is 17.8 Å². The average molecular weight is 418 g/mol. The van der Waals surface area contributed by atoms with Crippen molar-refractivity contribution in [1.82, 2.24) is 19.8 Å². The lowest BCUT2D eigenvalue weighted by molar-refractivity contribution is 0.102. The molecule has 2 aliphatic heterocycles. The summed E-state index contributed by atoms with van der Waals surface area (Å²) in [5.74, 6) is 0.708. The van der Waals surface area contributed by atoms with E-state index in [2.05, 4.69) is 20.2 Å². The quantitative estimate of drug-likeness (QED) is 0.523. The molecular formula is C23H27N7O. The van der Waals surface area contributed by atoms with E-state index in [0.717, 1.165) is 25.9 Å². The maximum absolute atomic E-state index is 12.8. The van der Waals surface area contributed by atoms with Gasteiger partial charge in [0.15, 0.2) is 5.84 Å². The number of anilines is 1. The zero-order chi connectivity index (χ0) is 21.5. The third kappa shape index (κ3) is 3.95. The normalized spacial score (nSPS) is 21.1. The Kier molecular flexibility index (Phi) is 5.02. The second-order valence-corrected chi connectivity index (χ2v) is 8.71. The van der Waals surface area contributed by atoms with Gasteiger partial charge in [0.05, 0.1) is 0 Å². The van der Waals surface area contributed by atoms with Gasteiger partial charge in [-0.25, -0.2) is 4.98 Å². The van der Waals surface area contributed by atoms with Crippen LogP contribution < -0.4 is 5.32 Å². The van der Waals surface area contributed by atoms with Crippen LogP contribution in [0.2, 0.25) is 0 Å². The van der Waals surface area contributed by atoms with Gasteiger partial charge in [0.1, 0.15) is 23.0 Å². The highest BCUT2D eigenvalue weighted by molar-refractivity contribution is 6.08. The number of carbonyl (C=O) groups excluding carboxylic acids is 1. The average Bonchev–Trinajstić information content (AvgIpc) is 3.57. The Hall–Kier alpha value is -3.13. The smallest absolute Gasteiger partial charge is 0.275 e. The van der Waals surface area contributed by atoms with Gasteiger partial charge >= 0.3 is 0 Å². The van der Waals surface area contributed by atoms with Gasteiger partial charge in [-0.05, 0) is 61.9 Å². The van der Waals surface area contributed by atoms with Crippen molar-refractivity contribution in [2.45, 2.75) is 57.7 Å². The number of carbonyl (C=O) groups is 1. The zero-order valence-electron chi connectivity index (χ0n) is 17.7. The number of nitrogens with zero attached hydrogens (tertiary/aromatic N) is 4. The second kappa shape index (κ2) is 7.85. The number of amidine groups is 2. The van der Waals surface area contributed by atoms with Crippen molar-refractivity contribution in [3.05, 3.63) is 53.0 Å². The molecule has 2 aromatic heterocycles. The highest BCUT2D eigenvalue weighted by Gasteiger charge is 2.32. The minimum absolute atomic E-state index is 0.106. The van der Waals surface area contributed by atoms with Gasteiger partial charge in [0, 0.05) is 37.8 Å². The van der Waals surface area contributed by atoms with Gasteiger partial charge in [-0.3, -0.25) is 25.5 Å². The highest BCUT2D eigenvalue weighted by atomic mass is 16.1. The number of likely N-dealkylation sites (tertiary alicyclic amines) is 1. The number of rotatable bonds is 4. The van der Waals surface area contributed by atoms with E-state index in [9.17, 15) is 4.79 Å². The van der Waals surface area contributed by atoms with E-state index in [4.69, 9.17) is 10.8 Å². The Balaban J connectivity index is 1.31. The molecule has 0 bridgehead atoms. The van der Waals surface area contributed by atoms with Gasteiger partial charge in [-0.15, -0.1) is 0 Å². The summed E-state index contributed by atoms with van der Waals surface area (Å²) in [7, 11) is 0. The van der Waals surface area contributed by atoms with Crippen LogP contribution in [-0.2, 0) is 13.0 Å². The summed E-state index contributed by atoms with van der Waals surface area (Å²) in [6, 6.07) is 7.93. The van der Waals surface area contributed by atoms with Crippen LogP contribution in [0.25, 0.3) is 0 Å². The van der Waals surface area contributed by atoms with Crippen LogP contribution in [0.15, 0.2) is 30.5 Å². The van der Waals surface area contributed by atoms with E-state index >= 15 is 0 Å². The Bertz CT molecular complexity index is 1060. The van der Waals surface area contributed by atoms with Crippen LogP contribution in [0.1, 0.15) is 59.9 Å². The first-order chi connectivity index (χ1) is 15.0. The van der Waals surface area contributed by atoms with Crippen LogP contribution in [0.4, 0.5) is 5.82 Å². The van der Waals surface area contributed by atoms with Crippen molar-refractivity contribution in [3.63, 3.8) is 0 Å². The molecule has 1 saturated carbocycles. The number of pyridine rings is 2. The fourth-order valence-electron chi connectivity index (χ4n) is 4.49. The molecule has 1 saturated heterocycles. The SMILES string of the molecule is CC1CCC(=N)N1C(=N)c1cccc(NC(=O)c2cc3c(cn2)CCN(C2CC2)C3)n1. The van der Waals surface area contributed by atoms with Crippen LogP contribution >= 0.6 is 0 Å². The molecule has 1 amide bonds. The molecule has 1 unspecified atom stereocenters. The van der Waals surface area contributed by atoms with Gasteiger partial charge in [-0.2, -0.15) is 0 Å². The Morgan fingerprint density at radius 1 is 1.16 bits per heavy atom. The topological polar surface area (TPSA) is 109 Å². The maximum atomic E-state index is 12.8. The Labute approximate surface area is 181 Å². The lowest BCUT2D eigenvalue weighted by Gasteiger charge is -2.28. The van der Waals surface area contributed by atoms with Crippen LogP contribution in [0.3, 0.4) is 0 Å². The molecule has 8 heteroatoms. The molecule has 3 N–H and O–H groups in total. The largest absolute Gasteiger partial charge is 0.311 e. The predicted octanol–water partition coefficient (Wildman–Crippen LogP) is 3.04. The Morgan fingerprint density at radius 3 is 2.74 bits per heavy atom. The highest BCUT2D eigenvalue weighted by Crippen LogP contribution is 2.31. The van der Waals surface area contributed by atoms with Gasteiger partial charge in [0.25, 0.3) is 5.91 Å². The third-order valence-corrected chi connectivity index (χ3v) is 6.43. The third-order valence-electron chi connectivity index (χ3n) is 6.43. The number of nitrogens with one attached hydrogen (secondary N) is 3. The summed E-state index contributed by atoms with van der Waals surface area (Å²) in [6.45, 7) is 3.96. The molecule has 5 rings (SSSR count). The number of aromatic nitrogens is 2. The number of amides is 1. The molecule has 3 aliphatic rings. The van der Waals surface area contributed by atoms with E-state index in [0.29, 0.717) is 35.5 Å². The minimum atomic E-state index is -0.301. The zero-order valence-corrected chi connectivity index (χ0v) is 17.7. The van der Waals surface area contributed by atoms with Crippen molar-refractivity contribution in [2.24, 2.45) is 0 Å². The fourth-order valence-corrected chi connectivity index (χ4v) is 4.49. The van der Waals surface area contributed by atoms with Crippen molar-refractivity contribution < 1.29 is 4.79 Å². The maximum Gasteiger partial charge on any atom is 0.275 e. The first kappa shape index (κ1) is 19.8. The summed E-state index contributed by atoms with van der Waals surface area (Å²) in [5, 5.41) is 19.4. The Morgan fingerprint density at radius 2 is 2.00 bits per heavy atom. The number of hydrogen-bond donors (Lipinski definition) is 3. The molecule has 1 aliphatic carbocycles. The standard InChI is InChI=1S/C23H27N7O/c1-14-5-8-20(24)30(14)22(25)18-3-2-4-21(27-18)28-23(31)19-11-16-13-29(17-6-7-17)10-9-15(16)12-26-19/h2-4,11-12,14,17,24-25H,5-10,13H2,1H3,(H,27,28,31). The molecule has 2 aromatic rings. The molecule has 8 nitrogen and oxygen atoms in total. The summed E-state index contributed by atoms with van der Waals surface area (Å²) in [4.78, 5) is 25.9. The van der Waals surface area contributed by atoms with Gasteiger partial charge in [-0.1, -0.05) is 6.07 Å². The molecular weight excluding hydrogens is 390 g/mol. The number of fused-ring (bicyclic) bond motifs is 1. The second-order valence-electron chi connectivity index (χ2n) is 8.71. The lowest BCUT2D eigenvalue weighted by Crippen LogP contribution is -2.37. The summed E-state index contributed by atoms with van der Waals surface area (Å²) in [5.41, 5.74) is 3.23. The van der Waals surface area contributed by atoms with Crippen LogP contribution in [-0.4, -0.2) is 56.0 Å². The molecule has 1 atom stereocenters. The first-order valence-electron chi connectivity index (χ1n) is 11.0. The first-order valence-corrected chi connectivity index (χ1v) is 11.0. The molecule has 0 radical (unpaired) electrons. The van der Waals surface area contributed by atoms with Crippen LogP contribution in [0.5, 0.6) is 0 Å². The number of hydrogen-bond acceptors (Lipinski definition) is 6. The molecule has 160 valence electrons. The minimum Gasteiger partial charge on any atom is -0.311 e. The van der Waals surface area contributed by atoms with E-state index in [1.807, 2.05) is 19.2 Å². The summed E-state index contributed by atoms with van der Waals surface area (Å²) >= 11 is 0. The van der Waals surface area contributed by atoms with Crippen molar-refractivity contribution >= 4 is 23.4 Å². The lowest BCUT2D eigenvalue weighted by atomic mass is 10.0. The van der Waals surface area contributed by atoms with E-state index in [1.165, 1.54) is 24.0 Å². The molecule has 2 fully saturated rings. The van der Waals surface area contributed by atoms with Gasteiger partial charge in [0.2, 0.25) is 0 Å². The van der Waals surface area contributed by atoms with Crippen molar-refractivity contribution in [1.29, 1.82) is 10.8 Å². The van der Waals surface area contributed by atoms with Crippen molar-refractivity contribution in [2.75, 3.05) is 11.9 Å². The monoisotopic (exact) mass is 417 g/mol. The summed E-state index contributed by atoms with van der Waals surface area (Å²) < 4.78 is 0. The van der Waals surface area contributed by atoms with Crippen LogP contribution in [0, 0.1) is 10.8 Å². The molecule has 4 heterocycles. The summed E-state index contributed by atoms with van der Waals surface area (Å²) in [6.07, 6.45) is 6.90.